The number of hydrogen-bond donors (Lipinski definition) is 0. The lowest BCUT2D eigenvalue weighted by molar-refractivity contribution is -0.131. The van der Waals surface area contributed by atoms with Gasteiger partial charge in [-0.15, -0.1) is 0 Å². The van der Waals surface area contributed by atoms with Crippen molar-refractivity contribution in [1.29, 1.82) is 0 Å². The van der Waals surface area contributed by atoms with Crippen LogP contribution >= 0.6 is 0 Å². The maximum absolute atomic E-state index is 12.9. The molecule has 2 heterocycles. The van der Waals surface area contributed by atoms with E-state index in [4.69, 9.17) is 14.2 Å². The van der Waals surface area contributed by atoms with Crippen molar-refractivity contribution >= 4 is 11.8 Å². The zero-order valence-corrected chi connectivity index (χ0v) is 16.9. The summed E-state index contributed by atoms with van der Waals surface area (Å²) in [6, 6.07) is 14.9. The molecule has 2 aliphatic rings. The van der Waals surface area contributed by atoms with Crippen LogP contribution in [0, 0.1) is 0 Å². The minimum atomic E-state index is -0.0427. The molecule has 0 atom stereocenters. The van der Waals surface area contributed by atoms with E-state index in [-0.39, 0.29) is 18.6 Å². The van der Waals surface area contributed by atoms with Crippen LogP contribution in [0.15, 0.2) is 48.5 Å². The number of carbonyl (C=O) groups is 2. The zero-order valence-electron chi connectivity index (χ0n) is 16.9. The first kappa shape index (κ1) is 20.1. The quantitative estimate of drug-likeness (QED) is 0.685. The Labute approximate surface area is 176 Å². The molecule has 0 spiro atoms. The van der Waals surface area contributed by atoms with Crippen LogP contribution < -0.4 is 14.2 Å². The summed E-state index contributed by atoms with van der Waals surface area (Å²) >= 11 is 0. The summed E-state index contributed by atoms with van der Waals surface area (Å²) in [5.41, 5.74) is 0.581. The lowest BCUT2D eigenvalue weighted by Gasteiger charge is -2.22. The standard InChI is InChI=1S/C23H26N2O5/c26-22(8-4-15-28-19-6-2-1-3-7-19)24-11-5-12-25(14-13-24)23(27)18-9-10-20-21(16-18)30-17-29-20/h1-3,6-7,9-10,16H,4-5,8,11-15,17H2. The molecule has 30 heavy (non-hydrogen) atoms. The van der Waals surface area contributed by atoms with Gasteiger partial charge >= 0.3 is 0 Å². The Morgan fingerprint density at radius 1 is 0.900 bits per heavy atom. The first-order valence-corrected chi connectivity index (χ1v) is 10.4. The maximum atomic E-state index is 12.9. The van der Waals surface area contributed by atoms with E-state index in [9.17, 15) is 9.59 Å². The van der Waals surface area contributed by atoms with Gasteiger partial charge in [0.15, 0.2) is 11.5 Å². The molecule has 0 unspecified atom stereocenters. The lowest BCUT2D eigenvalue weighted by Crippen LogP contribution is -2.37. The van der Waals surface area contributed by atoms with Gasteiger partial charge in [0.25, 0.3) is 5.91 Å². The molecule has 2 aromatic carbocycles. The summed E-state index contributed by atoms with van der Waals surface area (Å²) in [7, 11) is 0. The Morgan fingerprint density at radius 2 is 1.67 bits per heavy atom. The van der Waals surface area contributed by atoms with Crippen molar-refractivity contribution in [2.75, 3.05) is 39.6 Å². The van der Waals surface area contributed by atoms with E-state index in [0.29, 0.717) is 62.7 Å². The zero-order chi connectivity index (χ0) is 20.8. The number of amides is 2. The Kier molecular flexibility index (Phi) is 6.37. The van der Waals surface area contributed by atoms with E-state index >= 15 is 0 Å². The van der Waals surface area contributed by atoms with Crippen molar-refractivity contribution in [3.8, 4) is 17.2 Å². The summed E-state index contributed by atoms with van der Waals surface area (Å²) in [4.78, 5) is 29.1. The van der Waals surface area contributed by atoms with Crippen LogP contribution in [0.2, 0.25) is 0 Å². The number of nitrogens with zero attached hydrogens (tertiary/aromatic N) is 2. The molecule has 2 aromatic rings. The minimum absolute atomic E-state index is 0.0427. The SMILES string of the molecule is O=C(CCCOc1ccccc1)N1CCCN(C(=O)c2ccc3c(c2)OCO3)CC1. The van der Waals surface area contributed by atoms with Crippen molar-refractivity contribution in [2.24, 2.45) is 0 Å². The second-order valence-corrected chi connectivity index (χ2v) is 7.36. The van der Waals surface area contributed by atoms with Crippen LogP contribution in [0.1, 0.15) is 29.6 Å². The van der Waals surface area contributed by atoms with Gasteiger partial charge in [-0.1, -0.05) is 18.2 Å². The van der Waals surface area contributed by atoms with Gasteiger partial charge < -0.3 is 24.0 Å². The van der Waals surface area contributed by atoms with E-state index < -0.39 is 0 Å². The maximum Gasteiger partial charge on any atom is 0.254 e. The third kappa shape index (κ3) is 4.84. The minimum Gasteiger partial charge on any atom is -0.494 e. The van der Waals surface area contributed by atoms with Crippen molar-refractivity contribution in [1.82, 2.24) is 9.80 Å². The summed E-state index contributed by atoms with van der Waals surface area (Å²) < 4.78 is 16.3. The van der Waals surface area contributed by atoms with Crippen molar-refractivity contribution in [3.05, 3.63) is 54.1 Å². The van der Waals surface area contributed by atoms with Gasteiger partial charge in [-0.25, -0.2) is 0 Å². The van der Waals surface area contributed by atoms with Gasteiger partial charge in [0.05, 0.1) is 6.61 Å². The monoisotopic (exact) mass is 410 g/mol. The molecule has 2 amide bonds. The molecular weight excluding hydrogens is 384 g/mol. The molecule has 0 aromatic heterocycles. The van der Waals surface area contributed by atoms with E-state index in [1.165, 1.54) is 0 Å². The fourth-order valence-electron chi connectivity index (χ4n) is 3.67. The van der Waals surface area contributed by atoms with Crippen molar-refractivity contribution < 1.29 is 23.8 Å². The highest BCUT2D eigenvalue weighted by Crippen LogP contribution is 2.32. The number of fused-ring (bicyclic) bond motifs is 1. The molecule has 7 nitrogen and oxygen atoms in total. The van der Waals surface area contributed by atoms with E-state index in [1.807, 2.05) is 40.1 Å². The second-order valence-electron chi connectivity index (χ2n) is 7.36. The smallest absolute Gasteiger partial charge is 0.254 e. The number of benzene rings is 2. The molecule has 1 fully saturated rings. The molecule has 7 heteroatoms. The van der Waals surface area contributed by atoms with E-state index in [2.05, 4.69) is 0 Å². The second kappa shape index (κ2) is 9.52. The first-order valence-electron chi connectivity index (χ1n) is 10.4. The van der Waals surface area contributed by atoms with Gasteiger partial charge in [0.2, 0.25) is 12.7 Å². The highest BCUT2D eigenvalue weighted by atomic mass is 16.7. The Bertz CT molecular complexity index is 886. The average molecular weight is 410 g/mol. The highest BCUT2D eigenvalue weighted by Gasteiger charge is 2.24. The number of carbonyl (C=O) groups excluding carboxylic acids is 2. The van der Waals surface area contributed by atoms with Gasteiger partial charge in [0, 0.05) is 38.2 Å². The fourth-order valence-corrected chi connectivity index (χ4v) is 3.67. The lowest BCUT2D eigenvalue weighted by atomic mass is 10.1. The van der Waals surface area contributed by atoms with Crippen LogP contribution in [-0.4, -0.2) is 61.2 Å². The number of para-hydroxylation sites is 1. The van der Waals surface area contributed by atoms with E-state index in [0.717, 1.165) is 12.2 Å². The highest BCUT2D eigenvalue weighted by molar-refractivity contribution is 5.95. The molecular formula is C23H26N2O5. The predicted molar refractivity (Wildman–Crippen MR) is 111 cm³/mol. The molecule has 0 bridgehead atoms. The molecule has 0 radical (unpaired) electrons. The predicted octanol–water partition coefficient (Wildman–Crippen LogP) is 2.95. The summed E-state index contributed by atoms with van der Waals surface area (Å²) in [5, 5.41) is 0. The number of ether oxygens (including phenoxy) is 3. The topological polar surface area (TPSA) is 68.3 Å². The molecule has 4 rings (SSSR count). The Balaban J connectivity index is 1.24. The molecule has 0 saturated carbocycles. The molecule has 0 N–H and O–H groups in total. The first-order chi connectivity index (χ1) is 14.7. The normalized spacial score (nSPS) is 15.6. The van der Waals surface area contributed by atoms with Crippen LogP contribution in [0.3, 0.4) is 0 Å². The number of rotatable bonds is 6. The summed E-state index contributed by atoms with van der Waals surface area (Å²) in [5.74, 6) is 2.15. The molecule has 0 aliphatic carbocycles. The van der Waals surface area contributed by atoms with Crippen molar-refractivity contribution in [3.63, 3.8) is 0 Å². The molecule has 1 saturated heterocycles. The van der Waals surface area contributed by atoms with Gasteiger partial charge in [-0.3, -0.25) is 9.59 Å². The summed E-state index contributed by atoms with van der Waals surface area (Å²) in [6.07, 6.45) is 1.88. The summed E-state index contributed by atoms with van der Waals surface area (Å²) in [6.45, 7) is 3.08. The average Bonchev–Trinajstić information content (AvgIpc) is 3.11. The fraction of sp³-hybridized carbons (Fsp3) is 0.391. The largest absolute Gasteiger partial charge is 0.494 e. The third-order valence-corrected chi connectivity index (χ3v) is 5.30. The van der Waals surface area contributed by atoms with Crippen LogP contribution in [0.5, 0.6) is 17.2 Å². The third-order valence-electron chi connectivity index (χ3n) is 5.30. The number of hydrogen-bond acceptors (Lipinski definition) is 5. The van der Waals surface area contributed by atoms with Crippen molar-refractivity contribution in [2.45, 2.75) is 19.3 Å². The van der Waals surface area contributed by atoms with Gasteiger partial charge in [0.1, 0.15) is 5.75 Å². The van der Waals surface area contributed by atoms with Crippen LogP contribution in [0.4, 0.5) is 0 Å². The van der Waals surface area contributed by atoms with Crippen LogP contribution in [-0.2, 0) is 4.79 Å². The van der Waals surface area contributed by atoms with E-state index in [1.54, 1.807) is 18.2 Å². The van der Waals surface area contributed by atoms with Gasteiger partial charge in [-0.2, -0.15) is 0 Å². The Hall–Kier alpha value is -3.22. The Morgan fingerprint density at radius 3 is 2.53 bits per heavy atom. The molecule has 2 aliphatic heterocycles. The van der Waals surface area contributed by atoms with Gasteiger partial charge in [-0.05, 0) is 43.2 Å². The molecule has 158 valence electrons. The van der Waals surface area contributed by atoms with Crippen LogP contribution in [0.25, 0.3) is 0 Å².